The van der Waals surface area contributed by atoms with Gasteiger partial charge in [-0.1, -0.05) is 0 Å². The van der Waals surface area contributed by atoms with Crippen LogP contribution in [0.3, 0.4) is 0 Å². The summed E-state index contributed by atoms with van der Waals surface area (Å²) in [7, 11) is 2.17. The van der Waals surface area contributed by atoms with Crippen LogP contribution in [0.1, 0.15) is 24.4 Å². The second-order valence-corrected chi connectivity index (χ2v) is 4.43. The first kappa shape index (κ1) is 10.6. The van der Waals surface area contributed by atoms with Crippen molar-refractivity contribution in [3.63, 3.8) is 0 Å². The number of nitrogens with two attached hydrogens (primary N) is 1. The van der Waals surface area contributed by atoms with Gasteiger partial charge in [0.2, 0.25) is 0 Å². The van der Waals surface area contributed by atoms with E-state index in [0.717, 1.165) is 25.9 Å². The van der Waals surface area contributed by atoms with Gasteiger partial charge in [0.15, 0.2) is 0 Å². The van der Waals surface area contributed by atoms with E-state index in [1.54, 1.807) is 0 Å². The zero-order chi connectivity index (χ0) is 10.7. The van der Waals surface area contributed by atoms with Gasteiger partial charge in [-0.2, -0.15) is 5.10 Å². The Bertz CT molecular complexity index is 307. The number of likely N-dealkylation sites (tertiary alicyclic amines) is 1. The van der Waals surface area contributed by atoms with Gasteiger partial charge >= 0.3 is 0 Å². The molecule has 1 fully saturated rings. The lowest BCUT2D eigenvalue weighted by Crippen LogP contribution is -2.16. The summed E-state index contributed by atoms with van der Waals surface area (Å²) in [5.74, 6) is 0. The fourth-order valence-electron chi connectivity index (χ4n) is 2.14. The monoisotopic (exact) mass is 208 g/mol. The molecule has 2 rings (SSSR count). The first-order valence-electron chi connectivity index (χ1n) is 5.71. The number of rotatable bonds is 4. The largest absolute Gasteiger partial charge is 0.330 e. The number of hydrogen-bond donors (Lipinski definition) is 1. The molecule has 0 amide bonds. The van der Waals surface area contributed by atoms with E-state index in [2.05, 4.69) is 27.9 Å². The van der Waals surface area contributed by atoms with E-state index in [1.807, 2.05) is 6.20 Å². The molecule has 1 unspecified atom stereocenters. The first-order chi connectivity index (χ1) is 7.29. The molecule has 0 aliphatic carbocycles. The number of likely N-dealkylation sites (N-methyl/N-ethyl adjacent to an activating group) is 1. The van der Waals surface area contributed by atoms with E-state index in [-0.39, 0.29) is 0 Å². The highest BCUT2D eigenvalue weighted by Crippen LogP contribution is 2.19. The standard InChI is InChI=1S/C11H20N4/c1-14-6-4-11(9-14)15-8-10(7-13-15)3-2-5-12/h7-8,11H,2-6,9,12H2,1H3. The molecule has 1 aromatic heterocycles. The third-order valence-electron chi connectivity index (χ3n) is 3.07. The van der Waals surface area contributed by atoms with Crippen LogP contribution < -0.4 is 5.73 Å². The third kappa shape index (κ3) is 2.58. The van der Waals surface area contributed by atoms with E-state index in [9.17, 15) is 0 Å². The Labute approximate surface area is 91.1 Å². The Morgan fingerprint density at radius 2 is 2.47 bits per heavy atom. The molecule has 4 heteroatoms. The van der Waals surface area contributed by atoms with E-state index >= 15 is 0 Å². The zero-order valence-corrected chi connectivity index (χ0v) is 9.39. The van der Waals surface area contributed by atoms with Crippen LogP contribution in [0.15, 0.2) is 12.4 Å². The summed E-state index contributed by atoms with van der Waals surface area (Å²) in [4.78, 5) is 2.35. The number of nitrogens with zero attached hydrogens (tertiary/aromatic N) is 3. The average Bonchev–Trinajstić information content (AvgIpc) is 2.83. The smallest absolute Gasteiger partial charge is 0.0658 e. The van der Waals surface area contributed by atoms with Crippen LogP contribution in [0.5, 0.6) is 0 Å². The Hall–Kier alpha value is -0.870. The minimum Gasteiger partial charge on any atom is -0.330 e. The van der Waals surface area contributed by atoms with Crippen LogP contribution >= 0.6 is 0 Å². The summed E-state index contributed by atoms with van der Waals surface area (Å²) in [5, 5.41) is 4.43. The molecule has 0 saturated carbocycles. The second kappa shape index (κ2) is 4.77. The number of aryl methyl sites for hydroxylation is 1. The van der Waals surface area contributed by atoms with Gasteiger partial charge in [-0.15, -0.1) is 0 Å². The predicted molar refractivity (Wildman–Crippen MR) is 60.8 cm³/mol. The molecule has 1 aliphatic heterocycles. The van der Waals surface area contributed by atoms with Gasteiger partial charge in [0.25, 0.3) is 0 Å². The van der Waals surface area contributed by atoms with Crippen LogP contribution in [-0.2, 0) is 6.42 Å². The molecular weight excluding hydrogens is 188 g/mol. The predicted octanol–water partition coefficient (Wildman–Crippen LogP) is 0.651. The Morgan fingerprint density at radius 1 is 1.60 bits per heavy atom. The van der Waals surface area contributed by atoms with Crippen LogP contribution in [0, 0.1) is 0 Å². The van der Waals surface area contributed by atoms with Crippen molar-refractivity contribution in [1.29, 1.82) is 0 Å². The summed E-state index contributed by atoms with van der Waals surface area (Å²) < 4.78 is 2.12. The zero-order valence-electron chi connectivity index (χ0n) is 9.39. The van der Waals surface area contributed by atoms with Crippen molar-refractivity contribution < 1.29 is 0 Å². The molecule has 0 bridgehead atoms. The van der Waals surface area contributed by atoms with Crippen LogP contribution in [0.4, 0.5) is 0 Å². The lowest BCUT2D eigenvalue weighted by atomic mass is 10.2. The molecule has 0 aromatic carbocycles. The molecule has 1 atom stereocenters. The molecule has 1 saturated heterocycles. The van der Waals surface area contributed by atoms with Crippen molar-refractivity contribution in [1.82, 2.24) is 14.7 Å². The second-order valence-electron chi connectivity index (χ2n) is 4.43. The highest BCUT2D eigenvalue weighted by molar-refractivity contribution is 5.05. The average molecular weight is 208 g/mol. The van der Waals surface area contributed by atoms with Gasteiger partial charge < -0.3 is 10.6 Å². The van der Waals surface area contributed by atoms with Crippen LogP contribution in [0.2, 0.25) is 0 Å². The lowest BCUT2D eigenvalue weighted by Gasteiger charge is -2.10. The van der Waals surface area contributed by atoms with Crippen molar-refractivity contribution in [2.75, 3.05) is 26.7 Å². The topological polar surface area (TPSA) is 47.1 Å². The number of aromatic nitrogens is 2. The summed E-state index contributed by atoms with van der Waals surface area (Å²) in [5.41, 5.74) is 6.80. The SMILES string of the molecule is CN1CCC(n2cc(CCCN)cn2)C1. The third-order valence-corrected chi connectivity index (χ3v) is 3.07. The van der Waals surface area contributed by atoms with Gasteiger partial charge in [-0.3, -0.25) is 4.68 Å². The molecule has 0 radical (unpaired) electrons. The van der Waals surface area contributed by atoms with Crippen molar-refractivity contribution >= 4 is 0 Å². The highest BCUT2D eigenvalue weighted by atomic mass is 15.3. The molecule has 2 heterocycles. The minimum absolute atomic E-state index is 0.571. The fraction of sp³-hybridized carbons (Fsp3) is 0.727. The summed E-state index contributed by atoms with van der Waals surface area (Å²) >= 11 is 0. The molecule has 2 N–H and O–H groups in total. The molecule has 1 aromatic rings. The van der Waals surface area contributed by atoms with Gasteiger partial charge in [0.05, 0.1) is 12.2 Å². The summed E-state index contributed by atoms with van der Waals surface area (Å²) in [6.45, 7) is 3.07. The Balaban J connectivity index is 1.94. The van der Waals surface area contributed by atoms with Gasteiger partial charge in [-0.05, 0) is 45.0 Å². The van der Waals surface area contributed by atoms with Gasteiger partial charge in [0, 0.05) is 12.7 Å². The lowest BCUT2D eigenvalue weighted by molar-refractivity contribution is 0.382. The van der Waals surface area contributed by atoms with Crippen LogP contribution in [0.25, 0.3) is 0 Å². The molecular formula is C11H20N4. The molecule has 1 aliphatic rings. The van der Waals surface area contributed by atoms with Crippen molar-refractivity contribution in [2.45, 2.75) is 25.3 Å². The molecule has 4 nitrogen and oxygen atoms in total. The maximum atomic E-state index is 5.49. The van der Waals surface area contributed by atoms with E-state index < -0.39 is 0 Å². The first-order valence-corrected chi connectivity index (χ1v) is 5.71. The maximum Gasteiger partial charge on any atom is 0.0658 e. The normalized spacial score (nSPS) is 22.4. The maximum absolute atomic E-state index is 5.49. The Morgan fingerprint density at radius 3 is 3.13 bits per heavy atom. The molecule has 0 spiro atoms. The Kier molecular flexibility index (Phi) is 3.38. The minimum atomic E-state index is 0.571. The van der Waals surface area contributed by atoms with E-state index in [4.69, 9.17) is 5.73 Å². The van der Waals surface area contributed by atoms with E-state index in [0.29, 0.717) is 6.04 Å². The quantitative estimate of drug-likeness (QED) is 0.790. The molecule has 84 valence electrons. The van der Waals surface area contributed by atoms with Crippen LogP contribution in [-0.4, -0.2) is 41.4 Å². The summed E-state index contributed by atoms with van der Waals surface area (Å²) in [6, 6.07) is 0.571. The van der Waals surface area contributed by atoms with E-state index in [1.165, 1.54) is 18.5 Å². The van der Waals surface area contributed by atoms with Crippen molar-refractivity contribution in [3.05, 3.63) is 18.0 Å². The molecule has 15 heavy (non-hydrogen) atoms. The van der Waals surface area contributed by atoms with Gasteiger partial charge in [0.1, 0.15) is 0 Å². The fourth-order valence-corrected chi connectivity index (χ4v) is 2.14. The highest BCUT2D eigenvalue weighted by Gasteiger charge is 2.21. The number of hydrogen-bond acceptors (Lipinski definition) is 3. The summed E-state index contributed by atoms with van der Waals surface area (Å²) in [6.07, 6.45) is 7.48. The van der Waals surface area contributed by atoms with Crippen molar-refractivity contribution in [2.24, 2.45) is 5.73 Å². The van der Waals surface area contributed by atoms with Gasteiger partial charge in [-0.25, -0.2) is 0 Å². The van der Waals surface area contributed by atoms with Crippen molar-refractivity contribution in [3.8, 4) is 0 Å².